The monoisotopic (exact) mass is 353 g/mol. The minimum atomic E-state index is 0.00286. The molecule has 0 radical (unpaired) electrons. The summed E-state index contributed by atoms with van der Waals surface area (Å²) in [4.78, 5) is 22.9. The summed E-state index contributed by atoms with van der Waals surface area (Å²) in [5.74, 6) is 0.725. The number of nitrogens with zero attached hydrogens (tertiary/aromatic N) is 3. The van der Waals surface area contributed by atoms with Crippen molar-refractivity contribution in [1.82, 2.24) is 0 Å². The van der Waals surface area contributed by atoms with Crippen molar-refractivity contribution in [3.63, 3.8) is 0 Å². The number of amidine groups is 1. The molecule has 108 valence electrons. The fraction of sp³-hybridized carbons (Fsp3) is 0.118. The number of aliphatic imine (C=N–C) groups is 2. The molecule has 0 unspecified atom stereocenters. The van der Waals surface area contributed by atoms with Crippen LogP contribution in [0.5, 0.6) is 0 Å². The first-order valence-corrected chi connectivity index (χ1v) is 7.79. The molecule has 0 aromatic heterocycles. The summed E-state index contributed by atoms with van der Waals surface area (Å²) in [6.07, 6.45) is 0. The topological polar surface area (TPSA) is 45.0 Å². The second kappa shape index (κ2) is 5.18. The Morgan fingerprint density at radius 3 is 2.64 bits per heavy atom. The number of amides is 1. The third-order valence-electron chi connectivity index (χ3n) is 3.78. The molecule has 2 aromatic carbocycles. The molecule has 4 rings (SSSR count). The van der Waals surface area contributed by atoms with Gasteiger partial charge in [0.25, 0.3) is 5.91 Å². The Kier molecular flexibility index (Phi) is 3.15. The maximum absolute atomic E-state index is 12.2. The van der Waals surface area contributed by atoms with Crippen LogP contribution in [0.1, 0.15) is 11.1 Å². The second-order valence-corrected chi connectivity index (χ2v) is 6.07. The first kappa shape index (κ1) is 13.4. The smallest absolute Gasteiger partial charge is 0.254 e. The molecule has 22 heavy (non-hydrogen) atoms. The second-order valence-electron chi connectivity index (χ2n) is 5.15. The standard InChI is InChI=1S/C17H12BrN3O/c18-12-6-7-14-13(8-12)17(11-4-2-1-3-5-11)20-9-15-19-10-16(22)21(14)15/h1-8H,9-10H2. The van der Waals surface area contributed by atoms with Gasteiger partial charge in [0.05, 0.1) is 17.9 Å². The van der Waals surface area contributed by atoms with E-state index >= 15 is 0 Å². The number of anilines is 1. The van der Waals surface area contributed by atoms with E-state index in [2.05, 4.69) is 20.9 Å². The minimum Gasteiger partial charge on any atom is -0.276 e. The van der Waals surface area contributed by atoms with Crippen molar-refractivity contribution in [1.29, 1.82) is 0 Å². The van der Waals surface area contributed by atoms with Crippen LogP contribution in [0.25, 0.3) is 0 Å². The van der Waals surface area contributed by atoms with Crippen LogP contribution in [0.15, 0.2) is 63.0 Å². The molecular formula is C17H12BrN3O. The maximum Gasteiger partial charge on any atom is 0.254 e. The average molecular weight is 354 g/mol. The molecule has 4 nitrogen and oxygen atoms in total. The molecule has 1 amide bonds. The molecule has 0 N–H and O–H groups in total. The van der Waals surface area contributed by atoms with Crippen molar-refractivity contribution >= 4 is 39.1 Å². The Morgan fingerprint density at radius 1 is 1.00 bits per heavy atom. The number of rotatable bonds is 1. The van der Waals surface area contributed by atoms with E-state index in [-0.39, 0.29) is 12.5 Å². The number of carbonyl (C=O) groups excluding carboxylic acids is 1. The number of hydrogen-bond acceptors (Lipinski definition) is 3. The van der Waals surface area contributed by atoms with Gasteiger partial charge in [-0.1, -0.05) is 46.3 Å². The third-order valence-corrected chi connectivity index (χ3v) is 4.28. The number of fused-ring (bicyclic) bond motifs is 3. The highest BCUT2D eigenvalue weighted by atomic mass is 79.9. The number of halogens is 1. The summed E-state index contributed by atoms with van der Waals surface area (Å²) in [5, 5.41) is 0. The van der Waals surface area contributed by atoms with Crippen LogP contribution in [-0.4, -0.2) is 30.5 Å². The normalized spacial score (nSPS) is 16.6. The summed E-state index contributed by atoms with van der Waals surface area (Å²) in [5.41, 5.74) is 3.73. The number of benzene rings is 2. The number of carbonyl (C=O) groups is 1. The zero-order valence-corrected chi connectivity index (χ0v) is 13.2. The van der Waals surface area contributed by atoms with Crippen LogP contribution >= 0.6 is 15.9 Å². The summed E-state index contributed by atoms with van der Waals surface area (Å²) >= 11 is 3.51. The van der Waals surface area contributed by atoms with E-state index < -0.39 is 0 Å². The van der Waals surface area contributed by atoms with E-state index in [9.17, 15) is 4.79 Å². The van der Waals surface area contributed by atoms with Gasteiger partial charge in [0.1, 0.15) is 12.4 Å². The van der Waals surface area contributed by atoms with Crippen molar-refractivity contribution in [2.45, 2.75) is 0 Å². The molecule has 2 aromatic rings. The van der Waals surface area contributed by atoms with E-state index in [0.717, 1.165) is 32.8 Å². The van der Waals surface area contributed by atoms with Gasteiger partial charge >= 0.3 is 0 Å². The van der Waals surface area contributed by atoms with Crippen molar-refractivity contribution in [3.05, 3.63) is 64.1 Å². The molecule has 0 spiro atoms. The zero-order valence-electron chi connectivity index (χ0n) is 11.7. The summed E-state index contributed by atoms with van der Waals surface area (Å²) in [7, 11) is 0. The van der Waals surface area contributed by atoms with Gasteiger partial charge in [0.15, 0.2) is 0 Å². The van der Waals surface area contributed by atoms with E-state index in [1.54, 1.807) is 4.90 Å². The fourth-order valence-electron chi connectivity index (χ4n) is 2.81. The summed E-state index contributed by atoms with van der Waals surface area (Å²) in [6, 6.07) is 15.9. The first-order chi connectivity index (χ1) is 10.7. The zero-order chi connectivity index (χ0) is 15.1. The molecular weight excluding hydrogens is 342 g/mol. The highest BCUT2D eigenvalue weighted by Gasteiger charge is 2.31. The highest BCUT2D eigenvalue weighted by Crippen LogP contribution is 2.31. The quantitative estimate of drug-likeness (QED) is 0.776. The molecule has 2 aliphatic heterocycles. The number of hydrogen-bond donors (Lipinski definition) is 0. The Morgan fingerprint density at radius 2 is 1.82 bits per heavy atom. The van der Waals surface area contributed by atoms with Gasteiger partial charge in [-0.2, -0.15) is 0 Å². The van der Waals surface area contributed by atoms with Gasteiger partial charge in [-0.15, -0.1) is 0 Å². The third kappa shape index (κ3) is 2.09. The van der Waals surface area contributed by atoms with Gasteiger partial charge in [-0.25, -0.2) is 0 Å². The van der Waals surface area contributed by atoms with Crippen LogP contribution < -0.4 is 4.90 Å². The van der Waals surface area contributed by atoms with Gasteiger partial charge in [0, 0.05) is 15.6 Å². The summed E-state index contributed by atoms with van der Waals surface area (Å²) in [6.45, 7) is 0.628. The van der Waals surface area contributed by atoms with E-state index in [0.29, 0.717) is 6.54 Å². The van der Waals surface area contributed by atoms with Crippen molar-refractivity contribution in [3.8, 4) is 0 Å². The Hall–Kier alpha value is -2.27. The lowest BCUT2D eigenvalue weighted by Gasteiger charge is -2.19. The lowest BCUT2D eigenvalue weighted by Crippen LogP contribution is -2.33. The van der Waals surface area contributed by atoms with Gasteiger partial charge < -0.3 is 0 Å². The molecule has 2 heterocycles. The van der Waals surface area contributed by atoms with Gasteiger partial charge in [0.2, 0.25) is 0 Å². The van der Waals surface area contributed by atoms with E-state index in [1.165, 1.54) is 0 Å². The minimum absolute atomic E-state index is 0.00286. The average Bonchev–Trinajstić information content (AvgIpc) is 2.82. The van der Waals surface area contributed by atoms with Crippen LogP contribution in [0.2, 0.25) is 0 Å². The van der Waals surface area contributed by atoms with Crippen LogP contribution in [0.4, 0.5) is 5.69 Å². The molecule has 2 aliphatic rings. The van der Waals surface area contributed by atoms with Gasteiger partial charge in [-0.3, -0.25) is 19.7 Å². The summed E-state index contributed by atoms with van der Waals surface area (Å²) < 4.78 is 0.960. The van der Waals surface area contributed by atoms with Gasteiger partial charge in [-0.05, 0) is 18.2 Å². The largest absolute Gasteiger partial charge is 0.276 e. The lowest BCUT2D eigenvalue weighted by atomic mass is 10.0. The SMILES string of the molecule is O=C1CN=C2CN=C(c3ccccc3)c3cc(Br)ccc3N12. The van der Waals surface area contributed by atoms with Crippen molar-refractivity contribution in [2.24, 2.45) is 9.98 Å². The maximum atomic E-state index is 12.2. The Bertz CT molecular complexity index is 827. The molecule has 0 aliphatic carbocycles. The molecule has 0 atom stereocenters. The first-order valence-electron chi connectivity index (χ1n) is 7.00. The van der Waals surface area contributed by atoms with E-state index in [4.69, 9.17) is 4.99 Å². The van der Waals surface area contributed by atoms with E-state index in [1.807, 2.05) is 48.5 Å². The Balaban J connectivity index is 1.96. The predicted octanol–water partition coefficient (Wildman–Crippen LogP) is 3.05. The van der Waals surface area contributed by atoms with Crippen LogP contribution in [0, 0.1) is 0 Å². The van der Waals surface area contributed by atoms with Crippen LogP contribution in [-0.2, 0) is 4.79 Å². The van der Waals surface area contributed by atoms with Crippen LogP contribution in [0.3, 0.4) is 0 Å². The highest BCUT2D eigenvalue weighted by molar-refractivity contribution is 9.10. The Labute approximate surface area is 136 Å². The fourth-order valence-corrected chi connectivity index (χ4v) is 3.17. The lowest BCUT2D eigenvalue weighted by molar-refractivity contribution is -0.115. The predicted molar refractivity (Wildman–Crippen MR) is 90.9 cm³/mol. The van der Waals surface area contributed by atoms with Crippen molar-refractivity contribution < 1.29 is 4.79 Å². The van der Waals surface area contributed by atoms with Crippen molar-refractivity contribution in [2.75, 3.05) is 18.0 Å². The molecule has 0 saturated heterocycles. The molecule has 0 fully saturated rings. The molecule has 5 heteroatoms. The molecule has 0 bridgehead atoms. The molecule has 0 saturated carbocycles.